The zero-order valence-corrected chi connectivity index (χ0v) is 23.8. The van der Waals surface area contributed by atoms with E-state index in [1.54, 1.807) is 13.0 Å². The molecule has 8 heteroatoms. The Labute approximate surface area is 227 Å². The van der Waals surface area contributed by atoms with Crippen LogP contribution in [0.4, 0.5) is 5.69 Å². The topological polar surface area (TPSA) is 85.3 Å². The fraction of sp³-hybridized carbons (Fsp3) is 0.600. The number of nitrogens with one attached hydrogen (secondary N) is 1. The summed E-state index contributed by atoms with van der Waals surface area (Å²) in [5.74, 6) is -0.981. The molecule has 1 saturated carbocycles. The summed E-state index contributed by atoms with van der Waals surface area (Å²) >= 11 is 0. The van der Waals surface area contributed by atoms with Crippen LogP contribution in [0.5, 0.6) is 0 Å². The molecule has 1 atom stereocenters. The summed E-state index contributed by atoms with van der Waals surface area (Å²) in [5.41, 5.74) is 4.47. The summed E-state index contributed by atoms with van der Waals surface area (Å²) in [6, 6.07) is 4.69. The van der Waals surface area contributed by atoms with Crippen LogP contribution in [-0.2, 0) is 4.79 Å². The molecule has 0 aromatic heterocycles. The lowest BCUT2D eigenvalue weighted by Gasteiger charge is -2.40. The smallest absolute Gasteiger partial charge is 0.254 e. The van der Waals surface area contributed by atoms with Crippen molar-refractivity contribution < 1.29 is 14.4 Å². The maximum atomic E-state index is 13.5. The Morgan fingerprint density at radius 3 is 2.26 bits per heavy atom. The van der Waals surface area contributed by atoms with Crippen LogP contribution in [0.1, 0.15) is 79.2 Å². The SMILES string of the molecule is CCN(c1cc(C(=O)N2CCC2)cc(C(=O)NCC2C(=O)N=C(C)C=C2C)c1C)C1CCC(N(C)C)CC1. The van der Waals surface area contributed by atoms with Gasteiger partial charge < -0.3 is 20.0 Å². The van der Waals surface area contributed by atoms with Crippen LogP contribution < -0.4 is 10.2 Å². The van der Waals surface area contributed by atoms with Gasteiger partial charge >= 0.3 is 0 Å². The van der Waals surface area contributed by atoms with E-state index in [-0.39, 0.29) is 24.3 Å². The number of carbonyl (C=O) groups is 3. The van der Waals surface area contributed by atoms with Crippen molar-refractivity contribution in [2.45, 2.75) is 71.9 Å². The number of anilines is 1. The Morgan fingerprint density at radius 1 is 1.05 bits per heavy atom. The summed E-state index contributed by atoms with van der Waals surface area (Å²) < 4.78 is 0. The number of likely N-dealkylation sites (tertiary alicyclic amines) is 1. The van der Waals surface area contributed by atoms with Crippen molar-refractivity contribution in [1.29, 1.82) is 0 Å². The molecule has 38 heavy (non-hydrogen) atoms. The lowest BCUT2D eigenvalue weighted by atomic mass is 9.88. The lowest BCUT2D eigenvalue weighted by molar-refractivity contribution is -0.120. The number of aliphatic imine (C=N–C) groups is 1. The first-order valence-corrected chi connectivity index (χ1v) is 14.0. The summed E-state index contributed by atoms with van der Waals surface area (Å²) in [7, 11) is 4.29. The van der Waals surface area contributed by atoms with Gasteiger partial charge in [-0.15, -0.1) is 0 Å². The van der Waals surface area contributed by atoms with Gasteiger partial charge in [0.25, 0.3) is 17.7 Å². The molecule has 8 nitrogen and oxygen atoms in total. The van der Waals surface area contributed by atoms with Crippen LogP contribution in [-0.4, -0.2) is 85.6 Å². The predicted octanol–water partition coefficient (Wildman–Crippen LogP) is 3.83. The molecule has 2 heterocycles. The van der Waals surface area contributed by atoms with Gasteiger partial charge in [0.15, 0.2) is 0 Å². The third kappa shape index (κ3) is 5.85. The van der Waals surface area contributed by atoms with E-state index < -0.39 is 5.92 Å². The van der Waals surface area contributed by atoms with Gasteiger partial charge in [0.1, 0.15) is 0 Å². The second kappa shape index (κ2) is 11.8. The molecule has 1 saturated heterocycles. The van der Waals surface area contributed by atoms with Crippen molar-refractivity contribution in [2.75, 3.05) is 45.2 Å². The molecule has 1 aromatic rings. The molecule has 1 aromatic carbocycles. The van der Waals surface area contributed by atoms with Crippen molar-refractivity contribution in [3.63, 3.8) is 0 Å². The number of allylic oxidation sites excluding steroid dienone is 1. The van der Waals surface area contributed by atoms with Gasteiger partial charge in [0, 0.05) is 60.8 Å². The number of amides is 3. The summed E-state index contributed by atoms with van der Waals surface area (Å²) in [4.78, 5) is 49.9. The maximum Gasteiger partial charge on any atom is 0.254 e. The Kier molecular flexibility index (Phi) is 8.71. The fourth-order valence-electron chi connectivity index (χ4n) is 6.02. The second-order valence-corrected chi connectivity index (χ2v) is 11.3. The van der Waals surface area contributed by atoms with E-state index in [9.17, 15) is 14.4 Å². The summed E-state index contributed by atoms with van der Waals surface area (Å²) in [6.45, 7) is 10.3. The molecule has 2 aliphatic heterocycles. The fourth-order valence-corrected chi connectivity index (χ4v) is 6.02. The van der Waals surface area contributed by atoms with E-state index >= 15 is 0 Å². The third-order valence-electron chi connectivity index (χ3n) is 8.54. The van der Waals surface area contributed by atoms with E-state index in [2.05, 4.69) is 41.1 Å². The summed E-state index contributed by atoms with van der Waals surface area (Å²) in [5, 5.41) is 2.97. The molecular formula is C30H43N5O3. The zero-order chi connectivity index (χ0) is 27.6. The first-order chi connectivity index (χ1) is 18.1. The van der Waals surface area contributed by atoms with E-state index in [0.717, 1.165) is 68.6 Å². The molecule has 1 N–H and O–H groups in total. The number of nitrogens with zero attached hydrogens (tertiary/aromatic N) is 4. The molecule has 3 amide bonds. The molecular weight excluding hydrogens is 478 g/mol. The monoisotopic (exact) mass is 521 g/mol. The van der Waals surface area contributed by atoms with E-state index in [1.165, 1.54) is 0 Å². The Bertz CT molecular complexity index is 1140. The van der Waals surface area contributed by atoms with E-state index in [1.807, 2.05) is 30.9 Å². The molecule has 0 radical (unpaired) electrons. The van der Waals surface area contributed by atoms with Crippen molar-refractivity contribution in [3.05, 3.63) is 40.5 Å². The van der Waals surface area contributed by atoms with Crippen LogP contribution in [0.15, 0.2) is 28.8 Å². The number of dihydropyridines is 1. The predicted molar refractivity (Wildman–Crippen MR) is 152 cm³/mol. The number of hydrogen-bond donors (Lipinski definition) is 1. The quantitative estimate of drug-likeness (QED) is 0.562. The van der Waals surface area contributed by atoms with Gasteiger partial charge in [-0.3, -0.25) is 14.4 Å². The first kappa shape index (κ1) is 28.0. The van der Waals surface area contributed by atoms with Crippen molar-refractivity contribution in [2.24, 2.45) is 10.9 Å². The van der Waals surface area contributed by atoms with Gasteiger partial charge in [-0.1, -0.05) is 5.57 Å². The molecule has 3 aliphatic rings. The van der Waals surface area contributed by atoms with Crippen LogP contribution in [0.3, 0.4) is 0 Å². The number of hydrogen-bond acceptors (Lipinski definition) is 5. The second-order valence-electron chi connectivity index (χ2n) is 11.3. The van der Waals surface area contributed by atoms with Crippen molar-refractivity contribution in [3.8, 4) is 0 Å². The van der Waals surface area contributed by atoms with Crippen LogP contribution in [0.25, 0.3) is 0 Å². The average Bonchev–Trinajstić information content (AvgIpc) is 2.83. The minimum absolute atomic E-state index is 0.0232. The van der Waals surface area contributed by atoms with Crippen molar-refractivity contribution >= 4 is 29.1 Å². The standard InChI is InChI=1S/C30H43N5O3/c1-7-35(24-11-9-23(10-12-24)33(5)6)27-17-22(30(38)34-13-8-14-34)16-25(21(27)4)28(36)31-18-26-19(2)15-20(3)32-29(26)37/h15-17,23-24,26H,7-14,18H2,1-6H3,(H,31,36). The van der Waals surface area contributed by atoms with Gasteiger partial charge in [-0.05, 0) is 97.7 Å². The van der Waals surface area contributed by atoms with Crippen molar-refractivity contribution in [1.82, 2.24) is 15.1 Å². The highest BCUT2D eigenvalue weighted by molar-refractivity contribution is 6.06. The highest BCUT2D eigenvalue weighted by Crippen LogP contribution is 2.33. The highest BCUT2D eigenvalue weighted by atomic mass is 16.2. The highest BCUT2D eigenvalue weighted by Gasteiger charge is 2.31. The van der Waals surface area contributed by atoms with Gasteiger partial charge in [-0.2, -0.15) is 0 Å². The Balaban J connectivity index is 1.61. The Hall–Kier alpha value is -3.00. The number of carbonyl (C=O) groups excluding carboxylic acids is 3. The van der Waals surface area contributed by atoms with E-state index in [4.69, 9.17) is 0 Å². The van der Waals surface area contributed by atoms with Crippen LogP contribution in [0, 0.1) is 12.8 Å². The largest absolute Gasteiger partial charge is 0.369 e. The minimum atomic E-state index is -0.465. The van der Waals surface area contributed by atoms with E-state index in [0.29, 0.717) is 28.9 Å². The molecule has 4 rings (SSSR count). The number of rotatable bonds is 8. The maximum absolute atomic E-state index is 13.5. The Morgan fingerprint density at radius 2 is 1.71 bits per heavy atom. The van der Waals surface area contributed by atoms with Crippen LogP contribution >= 0.6 is 0 Å². The lowest BCUT2D eigenvalue weighted by Crippen LogP contribution is -2.44. The molecule has 206 valence electrons. The van der Waals surface area contributed by atoms with Gasteiger partial charge in [-0.25, -0.2) is 4.99 Å². The first-order valence-electron chi connectivity index (χ1n) is 14.0. The normalized spacial score (nSPS) is 23.5. The molecule has 1 unspecified atom stereocenters. The minimum Gasteiger partial charge on any atom is -0.369 e. The van der Waals surface area contributed by atoms with Crippen LogP contribution in [0.2, 0.25) is 0 Å². The van der Waals surface area contributed by atoms with Gasteiger partial charge in [0.05, 0.1) is 5.92 Å². The van der Waals surface area contributed by atoms with Gasteiger partial charge in [0.2, 0.25) is 0 Å². The molecule has 2 fully saturated rings. The summed E-state index contributed by atoms with van der Waals surface area (Å²) in [6.07, 6.45) is 7.33. The molecule has 0 bridgehead atoms. The zero-order valence-electron chi connectivity index (χ0n) is 23.8. The number of benzene rings is 1. The average molecular weight is 522 g/mol. The third-order valence-corrected chi connectivity index (χ3v) is 8.54. The molecule has 0 spiro atoms. The molecule has 1 aliphatic carbocycles.